The number of aliphatic hydroxyl groups is 1. The van der Waals surface area contributed by atoms with Crippen LogP contribution in [-0.2, 0) is 9.53 Å². The maximum atomic E-state index is 11.0. The molecule has 0 spiro atoms. The number of nitrogens with two attached hydrogens (primary N) is 1. The van der Waals surface area contributed by atoms with Gasteiger partial charge in [-0.2, -0.15) is 0 Å². The molecule has 0 unspecified atom stereocenters. The fourth-order valence-electron chi connectivity index (χ4n) is 1.55. The molecular weight excluding hydrogens is 194 g/mol. The van der Waals surface area contributed by atoms with Crippen molar-refractivity contribution in [3.8, 4) is 0 Å². The van der Waals surface area contributed by atoms with Gasteiger partial charge in [-0.25, -0.2) is 0 Å². The second-order valence-electron chi connectivity index (χ2n) is 3.26. The third-order valence-corrected chi connectivity index (χ3v) is 2.40. The average Bonchev–Trinajstić information content (AvgIpc) is 2.08. The van der Waals surface area contributed by atoms with E-state index in [-0.39, 0.29) is 30.3 Å². The molecule has 4 nitrogen and oxygen atoms in total. The van der Waals surface area contributed by atoms with E-state index in [1.807, 2.05) is 0 Å². The highest BCUT2D eigenvalue weighted by atomic mass is 35.5. The lowest BCUT2D eigenvalue weighted by molar-refractivity contribution is -0.148. The molecule has 5 heteroatoms. The first kappa shape index (κ1) is 12.7. The van der Waals surface area contributed by atoms with E-state index in [4.69, 9.17) is 5.73 Å². The molecule has 1 aliphatic carbocycles. The van der Waals surface area contributed by atoms with Gasteiger partial charge in [0.15, 0.2) is 0 Å². The van der Waals surface area contributed by atoms with Crippen LogP contribution in [0.2, 0.25) is 0 Å². The predicted octanol–water partition coefficient (Wildman–Crippen LogP) is 0.0695. The van der Waals surface area contributed by atoms with Crippen molar-refractivity contribution in [2.45, 2.75) is 31.4 Å². The summed E-state index contributed by atoms with van der Waals surface area (Å²) in [5, 5.41) is 9.36. The number of aliphatic hydroxyl groups excluding tert-OH is 1. The van der Waals surface area contributed by atoms with E-state index in [1.54, 1.807) is 0 Å². The zero-order chi connectivity index (χ0) is 9.14. The van der Waals surface area contributed by atoms with E-state index in [1.165, 1.54) is 7.11 Å². The Hall–Kier alpha value is -0.320. The predicted molar refractivity (Wildman–Crippen MR) is 50.6 cm³/mol. The van der Waals surface area contributed by atoms with Gasteiger partial charge in [-0.05, 0) is 19.3 Å². The number of ether oxygens (including phenoxy) is 1. The van der Waals surface area contributed by atoms with Crippen molar-refractivity contribution >= 4 is 18.4 Å². The second kappa shape index (κ2) is 5.42. The molecular formula is C8H16ClNO3. The minimum atomic E-state index is -0.553. The first-order chi connectivity index (χ1) is 5.65. The Morgan fingerprint density at radius 2 is 2.15 bits per heavy atom. The van der Waals surface area contributed by atoms with E-state index in [0.717, 1.165) is 6.42 Å². The molecule has 1 fully saturated rings. The average molecular weight is 210 g/mol. The summed E-state index contributed by atoms with van der Waals surface area (Å²) in [5.74, 6) is -0.397. The van der Waals surface area contributed by atoms with Crippen LogP contribution < -0.4 is 5.73 Å². The summed E-state index contributed by atoms with van der Waals surface area (Å²) in [6.45, 7) is 0. The first-order valence-electron chi connectivity index (χ1n) is 4.16. The minimum absolute atomic E-state index is 0. The Morgan fingerprint density at radius 3 is 2.62 bits per heavy atom. The fraction of sp³-hybridized carbons (Fsp3) is 0.875. The number of hydrogen-bond acceptors (Lipinski definition) is 4. The van der Waals surface area contributed by atoms with Crippen molar-refractivity contribution in [3.63, 3.8) is 0 Å². The van der Waals surface area contributed by atoms with E-state index < -0.39 is 6.10 Å². The van der Waals surface area contributed by atoms with Gasteiger partial charge in [-0.3, -0.25) is 4.79 Å². The van der Waals surface area contributed by atoms with Crippen molar-refractivity contribution < 1.29 is 14.6 Å². The molecule has 1 aliphatic rings. The zero-order valence-electron chi connectivity index (χ0n) is 7.60. The number of esters is 1. The number of carbonyl (C=O) groups excluding carboxylic acids is 1. The molecule has 3 atom stereocenters. The van der Waals surface area contributed by atoms with Gasteiger partial charge >= 0.3 is 5.97 Å². The molecule has 0 heterocycles. The number of carbonyl (C=O) groups is 1. The second-order valence-corrected chi connectivity index (χ2v) is 3.26. The number of halogens is 1. The molecule has 1 rings (SSSR count). The maximum Gasteiger partial charge on any atom is 0.308 e. The van der Waals surface area contributed by atoms with Gasteiger partial charge in [-0.15, -0.1) is 12.4 Å². The minimum Gasteiger partial charge on any atom is -0.469 e. The van der Waals surface area contributed by atoms with Crippen LogP contribution >= 0.6 is 12.4 Å². The summed E-state index contributed by atoms with van der Waals surface area (Å²) in [5.41, 5.74) is 5.58. The molecule has 1 saturated carbocycles. The lowest BCUT2D eigenvalue weighted by atomic mass is 9.84. The third kappa shape index (κ3) is 3.14. The third-order valence-electron chi connectivity index (χ3n) is 2.40. The molecule has 0 aromatic carbocycles. The van der Waals surface area contributed by atoms with Crippen LogP contribution in [0.1, 0.15) is 19.3 Å². The van der Waals surface area contributed by atoms with E-state index >= 15 is 0 Å². The van der Waals surface area contributed by atoms with Crippen molar-refractivity contribution in [2.24, 2.45) is 11.7 Å². The Balaban J connectivity index is 0.00000144. The molecule has 0 saturated heterocycles. The van der Waals surface area contributed by atoms with Crippen molar-refractivity contribution in [3.05, 3.63) is 0 Å². The smallest absolute Gasteiger partial charge is 0.308 e. The Labute approximate surface area is 83.9 Å². The number of methoxy groups -OCH3 is 1. The molecule has 13 heavy (non-hydrogen) atoms. The summed E-state index contributed by atoms with van der Waals surface area (Å²) in [6.07, 6.45) is 1.31. The SMILES string of the molecule is COC(=O)[C@@H]1CC[C@H](N)[C@@H](O)C1.Cl. The highest BCUT2D eigenvalue weighted by Crippen LogP contribution is 2.24. The molecule has 0 aliphatic heterocycles. The van der Waals surface area contributed by atoms with Crippen molar-refractivity contribution in [1.29, 1.82) is 0 Å². The molecule has 0 aromatic rings. The molecule has 0 radical (unpaired) electrons. The topological polar surface area (TPSA) is 72.5 Å². The van der Waals surface area contributed by atoms with Crippen LogP contribution in [0.25, 0.3) is 0 Å². The normalized spacial score (nSPS) is 33.3. The van der Waals surface area contributed by atoms with E-state index in [0.29, 0.717) is 12.8 Å². The van der Waals surface area contributed by atoms with Crippen LogP contribution in [0.3, 0.4) is 0 Å². The quantitative estimate of drug-likeness (QED) is 0.600. The summed E-state index contributed by atoms with van der Waals surface area (Å²) >= 11 is 0. The van der Waals surface area contributed by atoms with Crippen LogP contribution in [0, 0.1) is 5.92 Å². The van der Waals surface area contributed by atoms with Gasteiger partial charge < -0.3 is 15.6 Å². The van der Waals surface area contributed by atoms with Gasteiger partial charge in [0.05, 0.1) is 19.1 Å². The molecule has 3 N–H and O–H groups in total. The largest absolute Gasteiger partial charge is 0.469 e. The first-order valence-corrected chi connectivity index (χ1v) is 4.16. The maximum absolute atomic E-state index is 11.0. The molecule has 0 bridgehead atoms. The van der Waals surface area contributed by atoms with Gasteiger partial charge in [0.2, 0.25) is 0 Å². The highest BCUT2D eigenvalue weighted by Gasteiger charge is 2.31. The van der Waals surface area contributed by atoms with Gasteiger partial charge in [0.25, 0.3) is 0 Å². The summed E-state index contributed by atoms with van der Waals surface area (Å²) in [6, 6.07) is -0.175. The zero-order valence-corrected chi connectivity index (χ0v) is 8.42. The van der Waals surface area contributed by atoms with Crippen molar-refractivity contribution in [1.82, 2.24) is 0 Å². The number of rotatable bonds is 1. The van der Waals surface area contributed by atoms with Crippen LogP contribution in [0.4, 0.5) is 0 Å². The lowest BCUT2D eigenvalue weighted by Crippen LogP contribution is -2.42. The Kier molecular flexibility index (Phi) is 5.29. The summed E-state index contributed by atoms with van der Waals surface area (Å²) in [4.78, 5) is 11.0. The van der Waals surface area contributed by atoms with E-state index in [9.17, 15) is 9.90 Å². The monoisotopic (exact) mass is 209 g/mol. The highest BCUT2D eigenvalue weighted by molar-refractivity contribution is 5.85. The van der Waals surface area contributed by atoms with Crippen LogP contribution in [0.15, 0.2) is 0 Å². The molecule has 78 valence electrons. The van der Waals surface area contributed by atoms with Gasteiger partial charge in [0.1, 0.15) is 0 Å². The summed E-state index contributed by atoms with van der Waals surface area (Å²) in [7, 11) is 1.36. The van der Waals surface area contributed by atoms with Gasteiger partial charge in [0, 0.05) is 6.04 Å². The van der Waals surface area contributed by atoms with Gasteiger partial charge in [-0.1, -0.05) is 0 Å². The lowest BCUT2D eigenvalue weighted by Gasteiger charge is -2.28. The van der Waals surface area contributed by atoms with E-state index in [2.05, 4.69) is 4.74 Å². The number of hydrogen-bond donors (Lipinski definition) is 2. The Morgan fingerprint density at radius 1 is 1.54 bits per heavy atom. The van der Waals surface area contributed by atoms with Crippen molar-refractivity contribution in [2.75, 3.05) is 7.11 Å². The fourth-order valence-corrected chi connectivity index (χ4v) is 1.55. The standard InChI is InChI=1S/C8H15NO3.ClH/c1-12-8(11)5-2-3-6(9)7(10)4-5;/h5-7,10H,2-4,9H2,1H3;1H/t5-,6+,7+;/m1./s1. The molecule has 0 amide bonds. The van der Waals surface area contributed by atoms with Crippen LogP contribution in [0.5, 0.6) is 0 Å². The summed E-state index contributed by atoms with van der Waals surface area (Å²) < 4.78 is 4.58. The Bertz CT molecular complexity index is 177. The van der Waals surface area contributed by atoms with Crippen LogP contribution in [-0.4, -0.2) is 30.3 Å². The molecule has 0 aromatic heterocycles.